The average Bonchev–Trinajstić information content (AvgIpc) is 2.40. The van der Waals surface area contributed by atoms with Crippen molar-refractivity contribution in [3.63, 3.8) is 0 Å². The van der Waals surface area contributed by atoms with Crippen LogP contribution < -0.4 is 5.32 Å². The Hall–Kier alpha value is -1.55. The van der Waals surface area contributed by atoms with Gasteiger partial charge in [0.2, 0.25) is 0 Å². The normalized spacial score (nSPS) is 19.8. The Balaban J connectivity index is 1.72. The Labute approximate surface area is 108 Å². The van der Waals surface area contributed by atoms with E-state index in [9.17, 15) is 4.79 Å². The van der Waals surface area contributed by atoms with Crippen LogP contribution in [0.1, 0.15) is 18.4 Å². The van der Waals surface area contributed by atoms with Gasteiger partial charge < -0.3 is 15.3 Å². The summed E-state index contributed by atoms with van der Waals surface area (Å²) in [5.74, 6) is 0. The predicted molar refractivity (Wildman–Crippen MR) is 70.8 cm³/mol. The van der Waals surface area contributed by atoms with Crippen LogP contribution in [0.4, 0.5) is 4.79 Å². The molecule has 1 aromatic rings. The zero-order chi connectivity index (χ0) is 12.8. The molecule has 0 bridgehead atoms. The third kappa shape index (κ3) is 3.74. The van der Waals surface area contributed by atoms with Gasteiger partial charge in [-0.2, -0.15) is 0 Å². The summed E-state index contributed by atoms with van der Waals surface area (Å²) in [6.07, 6.45) is 2.21. The van der Waals surface area contributed by atoms with Crippen LogP contribution in [0.5, 0.6) is 0 Å². The van der Waals surface area contributed by atoms with Gasteiger partial charge >= 0.3 is 6.09 Å². The Kier molecular flexibility index (Phi) is 4.59. The van der Waals surface area contributed by atoms with Gasteiger partial charge in [0.1, 0.15) is 0 Å². The lowest BCUT2D eigenvalue weighted by molar-refractivity contribution is 0.126. The third-order valence-corrected chi connectivity index (χ3v) is 3.38. The Morgan fingerprint density at radius 3 is 2.89 bits per heavy atom. The van der Waals surface area contributed by atoms with E-state index in [1.807, 2.05) is 18.2 Å². The molecule has 98 valence electrons. The van der Waals surface area contributed by atoms with Crippen LogP contribution in [0.15, 0.2) is 30.3 Å². The number of nitrogens with one attached hydrogen (secondary N) is 1. The van der Waals surface area contributed by atoms with Gasteiger partial charge in [-0.15, -0.1) is 0 Å². The molecule has 0 aromatic heterocycles. The van der Waals surface area contributed by atoms with Crippen LogP contribution in [-0.2, 0) is 6.42 Å². The van der Waals surface area contributed by atoms with Crippen LogP contribution in [-0.4, -0.2) is 41.8 Å². The summed E-state index contributed by atoms with van der Waals surface area (Å²) >= 11 is 0. The largest absolute Gasteiger partial charge is 0.465 e. The van der Waals surface area contributed by atoms with Crippen molar-refractivity contribution in [2.24, 2.45) is 0 Å². The molecule has 1 saturated heterocycles. The van der Waals surface area contributed by atoms with Gasteiger partial charge in [0, 0.05) is 19.1 Å². The summed E-state index contributed by atoms with van der Waals surface area (Å²) in [7, 11) is 0. The fourth-order valence-electron chi connectivity index (χ4n) is 2.38. The molecule has 1 amide bonds. The molecule has 4 nitrogen and oxygen atoms in total. The molecule has 4 heteroatoms. The van der Waals surface area contributed by atoms with Crippen LogP contribution in [0.3, 0.4) is 0 Å². The molecule has 18 heavy (non-hydrogen) atoms. The lowest BCUT2D eigenvalue weighted by Crippen LogP contribution is -2.47. The second-order valence-corrected chi connectivity index (χ2v) is 4.76. The highest BCUT2D eigenvalue weighted by Gasteiger charge is 2.22. The second kappa shape index (κ2) is 6.40. The number of rotatable bonds is 4. The molecule has 0 aliphatic carbocycles. The van der Waals surface area contributed by atoms with E-state index in [0.29, 0.717) is 19.1 Å². The molecule has 2 N–H and O–H groups in total. The highest BCUT2D eigenvalue weighted by molar-refractivity contribution is 5.65. The number of hydrogen-bond donors (Lipinski definition) is 2. The molecule has 1 fully saturated rings. The van der Waals surface area contributed by atoms with E-state index in [4.69, 9.17) is 5.11 Å². The topological polar surface area (TPSA) is 52.6 Å². The average molecular weight is 248 g/mol. The summed E-state index contributed by atoms with van der Waals surface area (Å²) in [6, 6.07) is 10.6. The lowest BCUT2D eigenvalue weighted by atomic mass is 10.1. The minimum absolute atomic E-state index is 0.304. The Morgan fingerprint density at radius 1 is 1.39 bits per heavy atom. The summed E-state index contributed by atoms with van der Waals surface area (Å²) < 4.78 is 0. The molecule has 1 unspecified atom stereocenters. The minimum Gasteiger partial charge on any atom is -0.465 e. The first-order valence-electron chi connectivity index (χ1n) is 6.51. The SMILES string of the molecule is O=C(O)N1CCCC(NCCc2ccccc2)C1. The maximum Gasteiger partial charge on any atom is 0.407 e. The third-order valence-electron chi connectivity index (χ3n) is 3.38. The highest BCUT2D eigenvalue weighted by atomic mass is 16.4. The summed E-state index contributed by atoms with van der Waals surface area (Å²) in [5, 5.41) is 12.4. The molecule has 0 saturated carbocycles. The van der Waals surface area contributed by atoms with Crippen molar-refractivity contribution in [1.29, 1.82) is 0 Å². The summed E-state index contributed by atoms with van der Waals surface area (Å²) in [5.41, 5.74) is 1.32. The van der Waals surface area contributed by atoms with E-state index in [2.05, 4.69) is 17.4 Å². The van der Waals surface area contributed by atoms with E-state index in [1.165, 1.54) is 10.5 Å². The van der Waals surface area contributed by atoms with E-state index in [0.717, 1.165) is 25.8 Å². The number of amides is 1. The van der Waals surface area contributed by atoms with E-state index >= 15 is 0 Å². The Bertz CT molecular complexity index is 381. The minimum atomic E-state index is -0.801. The standard InChI is InChI=1S/C14H20N2O2/c17-14(18)16-10-4-7-13(11-16)15-9-8-12-5-2-1-3-6-12/h1-3,5-6,13,15H,4,7-11H2,(H,17,18). The monoisotopic (exact) mass is 248 g/mol. The summed E-state index contributed by atoms with van der Waals surface area (Å²) in [4.78, 5) is 12.4. The van der Waals surface area contributed by atoms with Crippen LogP contribution in [0.2, 0.25) is 0 Å². The molecule has 1 atom stereocenters. The van der Waals surface area contributed by atoms with Crippen molar-refractivity contribution in [3.8, 4) is 0 Å². The molecular weight excluding hydrogens is 228 g/mol. The molecule has 1 heterocycles. The van der Waals surface area contributed by atoms with Gasteiger partial charge in [0.15, 0.2) is 0 Å². The van der Waals surface area contributed by atoms with Crippen molar-refractivity contribution in [2.75, 3.05) is 19.6 Å². The zero-order valence-electron chi connectivity index (χ0n) is 10.5. The number of carboxylic acid groups (broad SMARTS) is 1. The number of likely N-dealkylation sites (tertiary alicyclic amines) is 1. The van der Waals surface area contributed by atoms with Gasteiger partial charge in [0.05, 0.1) is 0 Å². The van der Waals surface area contributed by atoms with Gasteiger partial charge in [-0.3, -0.25) is 0 Å². The van der Waals surface area contributed by atoms with E-state index in [1.54, 1.807) is 0 Å². The van der Waals surface area contributed by atoms with Crippen molar-refractivity contribution in [2.45, 2.75) is 25.3 Å². The van der Waals surface area contributed by atoms with Crippen molar-refractivity contribution < 1.29 is 9.90 Å². The molecular formula is C14H20N2O2. The number of carbonyl (C=O) groups is 1. The quantitative estimate of drug-likeness (QED) is 0.856. The zero-order valence-corrected chi connectivity index (χ0v) is 10.5. The van der Waals surface area contributed by atoms with Gasteiger partial charge in [-0.1, -0.05) is 30.3 Å². The fraction of sp³-hybridized carbons (Fsp3) is 0.500. The first-order valence-corrected chi connectivity index (χ1v) is 6.51. The molecule has 1 aliphatic rings. The fourth-order valence-corrected chi connectivity index (χ4v) is 2.38. The van der Waals surface area contributed by atoms with Gasteiger partial charge in [0.25, 0.3) is 0 Å². The van der Waals surface area contributed by atoms with Crippen LogP contribution >= 0.6 is 0 Å². The first-order chi connectivity index (χ1) is 8.75. The van der Waals surface area contributed by atoms with Crippen LogP contribution in [0, 0.1) is 0 Å². The maximum atomic E-state index is 10.9. The van der Waals surface area contributed by atoms with Crippen LogP contribution in [0.25, 0.3) is 0 Å². The van der Waals surface area contributed by atoms with Gasteiger partial charge in [-0.25, -0.2) is 4.79 Å². The van der Waals surface area contributed by atoms with Crippen molar-refractivity contribution in [3.05, 3.63) is 35.9 Å². The highest BCUT2D eigenvalue weighted by Crippen LogP contribution is 2.10. The van der Waals surface area contributed by atoms with Crippen molar-refractivity contribution >= 4 is 6.09 Å². The number of piperidine rings is 1. The Morgan fingerprint density at radius 2 is 2.17 bits per heavy atom. The lowest BCUT2D eigenvalue weighted by Gasteiger charge is -2.31. The predicted octanol–water partition coefficient (Wildman–Crippen LogP) is 1.96. The smallest absolute Gasteiger partial charge is 0.407 e. The van der Waals surface area contributed by atoms with Crippen molar-refractivity contribution in [1.82, 2.24) is 10.2 Å². The number of benzene rings is 1. The summed E-state index contributed by atoms with van der Waals surface area (Å²) in [6.45, 7) is 2.19. The van der Waals surface area contributed by atoms with E-state index in [-0.39, 0.29) is 0 Å². The molecule has 1 aliphatic heterocycles. The number of nitrogens with zero attached hydrogens (tertiary/aromatic N) is 1. The second-order valence-electron chi connectivity index (χ2n) is 4.76. The molecule has 1 aromatic carbocycles. The molecule has 0 spiro atoms. The van der Waals surface area contributed by atoms with Gasteiger partial charge in [-0.05, 0) is 31.4 Å². The first kappa shape index (κ1) is 12.9. The molecule has 0 radical (unpaired) electrons. The van der Waals surface area contributed by atoms with E-state index < -0.39 is 6.09 Å². The molecule has 2 rings (SSSR count). The maximum absolute atomic E-state index is 10.9. The number of hydrogen-bond acceptors (Lipinski definition) is 2.